The van der Waals surface area contributed by atoms with Gasteiger partial charge in [-0.3, -0.25) is 14.3 Å². The number of rotatable bonds is 6. The van der Waals surface area contributed by atoms with Crippen LogP contribution >= 0.6 is 0 Å². The maximum atomic E-state index is 4.71. The average Bonchev–Trinajstić information content (AvgIpc) is 3.21. The van der Waals surface area contributed by atoms with E-state index in [1.165, 1.54) is 42.0 Å². The monoisotopic (exact) mass is 315 g/mol. The summed E-state index contributed by atoms with van der Waals surface area (Å²) in [6.45, 7) is 7.89. The van der Waals surface area contributed by atoms with Gasteiger partial charge in [-0.05, 0) is 43.7 Å². The zero-order chi connectivity index (χ0) is 16.4. The van der Waals surface area contributed by atoms with Crippen molar-refractivity contribution in [1.82, 2.24) is 24.5 Å². The van der Waals surface area contributed by atoms with Gasteiger partial charge in [0.1, 0.15) is 0 Å². The van der Waals surface area contributed by atoms with Crippen LogP contribution in [0, 0.1) is 5.92 Å². The zero-order valence-electron chi connectivity index (χ0n) is 14.9. The van der Waals surface area contributed by atoms with Crippen LogP contribution in [0.2, 0.25) is 0 Å². The summed E-state index contributed by atoms with van der Waals surface area (Å²) in [6.07, 6.45) is 8.68. The fraction of sp³-hybridized carbons (Fsp3) is 0.667. The molecule has 0 amide bonds. The quantitative estimate of drug-likeness (QED) is 0.821. The summed E-state index contributed by atoms with van der Waals surface area (Å²) in [4.78, 5) is 2.61. The third-order valence-corrected chi connectivity index (χ3v) is 5.06. The van der Waals surface area contributed by atoms with E-state index in [0.717, 1.165) is 31.7 Å². The lowest BCUT2D eigenvalue weighted by molar-refractivity contribution is 0.314. The van der Waals surface area contributed by atoms with E-state index in [0.29, 0.717) is 0 Å². The van der Waals surface area contributed by atoms with Crippen molar-refractivity contribution >= 4 is 0 Å². The van der Waals surface area contributed by atoms with Crippen molar-refractivity contribution in [3.05, 3.63) is 34.9 Å². The predicted octanol–water partition coefficient (Wildman–Crippen LogP) is 2.34. The molecule has 0 radical (unpaired) electrons. The molecule has 126 valence electrons. The van der Waals surface area contributed by atoms with Crippen molar-refractivity contribution in [1.29, 1.82) is 0 Å². The largest absolute Gasteiger partial charge is 0.299 e. The highest BCUT2D eigenvalue weighted by atomic mass is 15.3. The van der Waals surface area contributed by atoms with Crippen LogP contribution < -0.4 is 0 Å². The maximum absolute atomic E-state index is 4.71. The molecule has 1 aliphatic rings. The van der Waals surface area contributed by atoms with Crippen LogP contribution in [-0.2, 0) is 39.9 Å². The molecule has 3 rings (SSSR count). The molecule has 0 saturated carbocycles. The Morgan fingerprint density at radius 2 is 2.04 bits per heavy atom. The minimum atomic E-state index is 0.756. The van der Waals surface area contributed by atoms with Crippen LogP contribution in [0.5, 0.6) is 0 Å². The van der Waals surface area contributed by atoms with Gasteiger partial charge in [0.25, 0.3) is 0 Å². The first-order valence-electron chi connectivity index (χ1n) is 8.84. The van der Waals surface area contributed by atoms with Gasteiger partial charge >= 0.3 is 0 Å². The van der Waals surface area contributed by atoms with E-state index in [2.05, 4.69) is 41.8 Å². The first-order chi connectivity index (χ1) is 11.1. The third-order valence-electron chi connectivity index (χ3n) is 5.06. The van der Waals surface area contributed by atoms with E-state index in [9.17, 15) is 0 Å². The van der Waals surface area contributed by atoms with E-state index in [1.807, 2.05) is 17.9 Å². The van der Waals surface area contributed by atoms with Gasteiger partial charge in [0.05, 0.1) is 11.9 Å². The molecule has 0 aromatic carbocycles. The zero-order valence-corrected chi connectivity index (χ0v) is 14.9. The first-order valence-corrected chi connectivity index (χ1v) is 8.84. The summed E-state index contributed by atoms with van der Waals surface area (Å²) in [7, 11) is 4.07. The molecule has 1 fully saturated rings. The van der Waals surface area contributed by atoms with E-state index in [1.54, 1.807) is 0 Å². The lowest BCUT2D eigenvalue weighted by Crippen LogP contribution is -2.22. The molecule has 1 atom stereocenters. The highest BCUT2D eigenvalue weighted by Gasteiger charge is 2.25. The molecule has 2 aromatic rings. The fourth-order valence-electron chi connectivity index (χ4n) is 3.93. The number of aryl methyl sites for hydroxylation is 3. The summed E-state index contributed by atoms with van der Waals surface area (Å²) in [5.74, 6) is 0.756. The molecular weight excluding hydrogens is 286 g/mol. The normalized spacial score (nSPS) is 18.9. The summed E-state index contributed by atoms with van der Waals surface area (Å²) < 4.78 is 3.98. The van der Waals surface area contributed by atoms with E-state index < -0.39 is 0 Å². The average molecular weight is 315 g/mol. The smallest absolute Gasteiger partial charge is 0.0669 e. The van der Waals surface area contributed by atoms with Crippen molar-refractivity contribution in [2.45, 2.75) is 46.1 Å². The molecular formula is C18H29N5. The van der Waals surface area contributed by atoms with Gasteiger partial charge in [0, 0.05) is 44.6 Å². The maximum Gasteiger partial charge on any atom is 0.0669 e. The molecule has 3 heterocycles. The van der Waals surface area contributed by atoms with E-state index in [4.69, 9.17) is 5.10 Å². The first kappa shape index (κ1) is 16.2. The molecule has 1 aliphatic heterocycles. The Hall–Kier alpha value is -1.62. The van der Waals surface area contributed by atoms with Crippen molar-refractivity contribution in [3.63, 3.8) is 0 Å². The Morgan fingerprint density at radius 1 is 1.22 bits per heavy atom. The predicted molar refractivity (Wildman–Crippen MR) is 92.3 cm³/mol. The standard InChI is InChI=1S/C18H29N5/c1-5-17-16(18(6-2)22(4)20-17)13-23-8-7-14(12-23)9-15-10-19-21(3)11-15/h10-11,14H,5-9,12-13H2,1-4H3. The molecule has 0 bridgehead atoms. The molecule has 0 aliphatic carbocycles. The number of hydrogen-bond acceptors (Lipinski definition) is 3. The van der Waals surface area contributed by atoms with Gasteiger partial charge in [-0.15, -0.1) is 0 Å². The lowest BCUT2D eigenvalue weighted by Gasteiger charge is -2.17. The Kier molecular flexibility index (Phi) is 4.85. The van der Waals surface area contributed by atoms with Gasteiger partial charge in [0.2, 0.25) is 0 Å². The summed E-state index contributed by atoms with van der Waals surface area (Å²) in [6, 6.07) is 0. The van der Waals surface area contributed by atoms with Crippen LogP contribution in [0.15, 0.2) is 12.4 Å². The second-order valence-corrected chi connectivity index (χ2v) is 6.82. The van der Waals surface area contributed by atoms with E-state index in [-0.39, 0.29) is 0 Å². The molecule has 0 N–H and O–H groups in total. The molecule has 5 heteroatoms. The Morgan fingerprint density at radius 3 is 2.70 bits per heavy atom. The lowest BCUT2D eigenvalue weighted by atomic mass is 10.0. The Labute approximate surface area is 139 Å². The third kappa shape index (κ3) is 3.50. The van der Waals surface area contributed by atoms with Gasteiger partial charge in [-0.1, -0.05) is 13.8 Å². The Bertz CT molecular complexity index is 654. The minimum absolute atomic E-state index is 0.756. The van der Waals surface area contributed by atoms with Crippen LogP contribution in [0.3, 0.4) is 0 Å². The number of nitrogens with zero attached hydrogens (tertiary/aromatic N) is 5. The minimum Gasteiger partial charge on any atom is -0.299 e. The van der Waals surface area contributed by atoms with Gasteiger partial charge < -0.3 is 0 Å². The molecule has 0 spiro atoms. The SMILES string of the molecule is CCc1nn(C)c(CC)c1CN1CCC(Cc2cnn(C)c2)C1. The van der Waals surface area contributed by atoms with E-state index >= 15 is 0 Å². The molecule has 5 nitrogen and oxygen atoms in total. The highest BCUT2D eigenvalue weighted by Crippen LogP contribution is 2.25. The second kappa shape index (κ2) is 6.87. The highest BCUT2D eigenvalue weighted by molar-refractivity contribution is 5.26. The second-order valence-electron chi connectivity index (χ2n) is 6.82. The fourth-order valence-corrected chi connectivity index (χ4v) is 3.93. The van der Waals surface area contributed by atoms with Crippen LogP contribution in [0.1, 0.15) is 42.8 Å². The molecule has 1 unspecified atom stereocenters. The van der Waals surface area contributed by atoms with Gasteiger partial charge in [0.15, 0.2) is 0 Å². The van der Waals surface area contributed by atoms with Crippen LogP contribution in [0.4, 0.5) is 0 Å². The van der Waals surface area contributed by atoms with Crippen molar-refractivity contribution in [2.24, 2.45) is 20.0 Å². The topological polar surface area (TPSA) is 38.9 Å². The van der Waals surface area contributed by atoms with Crippen molar-refractivity contribution < 1.29 is 0 Å². The molecule has 2 aromatic heterocycles. The van der Waals surface area contributed by atoms with Crippen molar-refractivity contribution in [3.8, 4) is 0 Å². The summed E-state index contributed by atoms with van der Waals surface area (Å²) in [5.41, 5.74) is 5.52. The summed E-state index contributed by atoms with van der Waals surface area (Å²) in [5, 5.41) is 9.00. The molecule has 23 heavy (non-hydrogen) atoms. The van der Waals surface area contributed by atoms with Gasteiger partial charge in [-0.2, -0.15) is 10.2 Å². The number of likely N-dealkylation sites (tertiary alicyclic amines) is 1. The molecule has 1 saturated heterocycles. The Balaban J connectivity index is 1.64. The van der Waals surface area contributed by atoms with Crippen molar-refractivity contribution in [2.75, 3.05) is 13.1 Å². The van der Waals surface area contributed by atoms with Crippen LogP contribution in [-0.4, -0.2) is 37.6 Å². The number of aromatic nitrogens is 4. The summed E-state index contributed by atoms with van der Waals surface area (Å²) >= 11 is 0. The number of hydrogen-bond donors (Lipinski definition) is 0. The van der Waals surface area contributed by atoms with Crippen LogP contribution in [0.25, 0.3) is 0 Å². The van der Waals surface area contributed by atoms with Gasteiger partial charge in [-0.25, -0.2) is 0 Å².